The molecule has 0 bridgehead atoms. The molecule has 0 saturated carbocycles. The monoisotopic (exact) mass is 159 g/mol. The Labute approximate surface area is 62.6 Å². The SMILES string of the molecule is COc1c(N)cc(F)cc1F. The van der Waals surface area contributed by atoms with E-state index in [0.717, 1.165) is 12.1 Å². The molecule has 2 N–H and O–H groups in total. The van der Waals surface area contributed by atoms with Gasteiger partial charge in [0.15, 0.2) is 11.6 Å². The first-order valence-corrected chi connectivity index (χ1v) is 2.93. The molecule has 1 rings (SSSR count). The molecule has 0 heterocycles. The van der Waals surface area contributed by atoms with Gasteiger partial charge in [-0.1, -0.05) is 0 Å². The molecule has 0 saturated heterocycles. The topological polar surface area (TPSA) is 35.2 Å². The lowest BCUT2D eigenvalue weighted by Gasteiger charge is -2.04. The average Bonchev–Trinajstić information content (AvgIpc) is 1.85. The van der Waals surface area contributed by atoms with Crippen molar-refractivity contribution in [2.24, 2.45) is 0 Å². The Kier molecular flexibility index (Phi) is 1.94. The fourth-order valence-electron chi connectivity index (χ4n) is 0.796. The van der Waals surface area contributed by atoms with Gasteiger partial charge in [0.2, 0.25) is 0 Å². The van der Waals surface area contributed by atoms with Gasteiger partial charge < -0.3 is 10.5 Å². The zero-order chi connectivity index (χ0) is 8.43. The van der Waals surface area contributed by atoms with Crippen LogP contribution in [0.25, 0.3) is 0 Å². The molecule has 0 atom stereocenters. The maximum absolute atomic E-state index is 12.7. The van der Waals surface area contributed by atoms with Crippen molar-refractivity contribution in [1.82, 2.24) is 0 Å². The molecule has 0 aliphatic heterocycles. The minimum Gasteiger partial charge on any atom is -0.492 e. The largest absolute Gasteiger partial charge is 0.492 e. The fourth-order valence-corrected chi connectivity index (χ4v) is 0.796. The number of nitrogens with two attached hydrogens (primary N) is 1. The minimum absolute atomic E-state index is 0.0370. The lowest BCUT2D eigenvalue weighted by atomic mass is 10.3. The van der Waals surface area contributed by atoms with Crippen LogP contribution in [0, 0.1) is 11.6 Å². The summed E-state index contributed by atoms with van der Waals surface area (Å²) in [6.45, 7) is 0. The van der Waals surface area contributed by atoms with Crippen LogP contribution in [0.4, 0.5) is 14.5 Å². The second kappa shape index (κ2) is 2.74. The lowest BCUT2D eigenvalue weighted by molar-refractivity contribution is 0.386. The van der Waals surface area contributed by atoms with Gasteiger partial charge in [-0.2, -0.15) is 0 Å². The summed E-state index contributed by atoms with van der Waals surface area (Å²) < 4.78 is 29.6. The Morgan fingerprint density at radius 1 is 1.36 bits per heavy atom. The first-order valence-electron chi connectivity index (χ1n) is 2.93. The Morgan fingerprint density at radius 3 is 2.45 bits per heavy atom. The molecule has 0 fully saturated rings. The van der Waals surface area contributed by atoms with Gasteiger partial charge in [0.25, 0.3) is 0 Å². The molecule has 1 aromatic rings. The van der Waals surface area contributed by atoms with Crippen molar-refractivity contribution in [3.05, 3.63) is 23.8 Å². The van der Waals surface area contributed by atoms with Crippen LogP contribution in [0.3, 0.4) is 0 Å². The van der Waals surface area contributed by atoms with Gasteiger partial charge >= 0.3 is 0 Å². The fraction of sp³-hybridized carbons (Fsp3) is 0.143. The summed E-state index contributed by atoms with van der Waals surface area (Å²) in [4.78, 5) is 0. The predicted molar refractivity (Wildman–Crippen MR) is 37.3 cm³/mol. The summed E-state index contributed by atoms with van der Waals surface area (Å²) in [5.74, 6) is -1.61. The molecular weight excluding hydrogens is 152 g/mol. The van der Waals surface area contributed by atoms with Gasteiger partial charge in [0.05, 0.1) is 12.8 Å². The number of methoxy groups -OCH3 is 1. The highest BCUT2D eigenvalue weighted by molar-refractivity contribution is 5.53. The number of halogens is 2. The first-order chi connectivity index (χ1) is 5.15. The molecule has 2 nitrogen and oxygen atoms in total. The Hall–Kier alpha value is -1.32. The van der Waals surface area contributed by atoms with Crippen LogP contribution < -0.4 is 10.5 Å². The summed E-state index contributed by atoms with van der Waals surface area (Å²) in [5.41, 5.74) is 5.19. The molecule has 0 radical (unpaired) electrons. The van der Waals surface area contributed by atoms with Crippen molar-refractivity contribution in [1.29, 1.82) is 0 Å². The van der Waals surface area contributed by atoms with Gasteiger partial charge in [0, 0.05) is 12.1 Å². The molecule has 0 unspecified atom stereocenters. The first kappa shape index (κ1) is 7.78. The van der Waals surface area contributed by atoms with Crippen molar-refractivity contribution in [2.75, 3.05) is 12.8 Å². The van der Waals surface area contributed by atoms with E-state index >= 15 is 0 Å². The van der Waals surface area contributed by atoms with Crippen LogP contribution in [-0.2, 0) is 0 Å². The van der Waals surface area contributed by atoms with Crippen LogP contribution in [-0.4, -0.2) is 7.11 Å². The number of hydrogen-bond acceptors (Lipinski definition) is 2. The van der Waals surface area contributed by atoms with Crippen LogP contribution in [0.2, 0.25) is 0 Å². The van der Waals surface area contributed by atoms with Crippen LogP contribution in [0.5, 0.6) is 5.75 Å². The van der Waals surface area contributed by atoms with Gasteiger partial charge in [-0.15, -0.1) is 0 Å². The van der Waals surface area contributed by atoms with E-state index in [0.29, 0.717) is 0 Å². The third-order valence-corrected chi connectivity index (χ3v) is 1.24. The van der Waals surface area contributed by atoms with E-state index in [1.165, 1.54) is 7.11 Å². The molecule has 0 aliphatic carbocycles. The summed E-state index contributed by atoms with van der Waals surface area (Å²) >= 11 is 0. The van der Waals surface area contributed by atoms with Crippen molar-refractivity contribution in [2.45, 2.75) is 0 Å². The predicted octanol–water partition coefficient (Wildman–Crippen LogP) is 1.56. The number of ether oxygens (including phenoxy) is 1. The summed E-state index contributed by atoms with van der Waals surface area (Å²) in [5, 5.41) is 0. The average molecular weight is 159 g/mol. The Morgan fingerprint density at radius 2 is 2.00 bits per heavy atom. The highest BCUT2D eigenvalue weighted by Gasteiger charge is 2.07. The molecule has 0 aliphatic rings. The Balaban J connectivity index is 3.25. The third-order valence-electron chi connectivity index (χ3n) is 1.24. The highest BCUT2D eigenvalue weighted by atomic mass is 19.1. The van der Waals surface area contributed by atoms with Crippen molar-refractivity contribution in [3.63, 3.8) is 0 Å². The van der Waals surface area contributed by atoms with Gasteiger partial charge in [-0.25, -0.2) is 8.78 Å². The minimum atomic E-state index is -0.787. The van der Waals surface area contributed by atoms with E-state index in [4.69, 9.17) is 5.73 Å². The molecule has 11 heavy (non-hydrogen) atoms. The highest BCUT2D eigenvalue weighted by Crippen LogP contribution is 2.25. The second-order valence-corrected chi connectivity index (χ2v) is 2.01. The molecule has 0 spiro atoms. The summed E-state index contributed by atoms with van der Waals surface area (Å²) in [7, 11) is 1.27. The molecular formula is C7H7F2NO. The second-order valence-electron chi connectivity index (χ2n) is 2.01. The number of hydrogen-bond donors (Lipinski definition) is 1. The normalized spacial score (nSPS) is 9.73. The van der Waals surface area contributed by atoms with Gasteiger partial charge in [-0.05, 0) is 0 Å². The number of benzene rings is 1. The van der Waals surface area contributed by atoms with Gasteiger partial charge in [-0.3, -0.25) is 0 Å². The lowest BCUT2D eigenvalue weighted by Crippen LogP contribution is -1.96. The summed E-state index contributed by atoms with van der Waals surface area (Å²) in [6, 6.07) is 1.72. The van der Waals surface area contributed by atoms with E-state index in [-0.39, 0.29) is 11.4 Å². The third kappa shape index (κ3) is 1.39. The van der Waals surface area contributed by atoms with Crippen LogP contribution in [0.15, 0.2) is 12.1 Å². The summed E-state index contributed by atoms with van der Waals surface area (Å²) in [6.07, 6.45) is 0. The van der Waals surface area contributed by atoms with E-state index in [1.807, 2.05) is 0 Å². The molecule has 0 amide bonds. The standard InChI is InChI=1S/C7H7F2NO/c1-11-7-5(9)2-4(8)3-6(7)10/h2-3H,10H2,1H3. The molecule has 1 aromatic carbocycles. The maximum atomic E-state index is 12.7. The molecule has 4 heteroatoms. The Bertz CT molecular complexity index is 252. The van der Waals surface area contributed by atoms with E-state index < -0.39 is 11.6 Å². The van der Waals surface area contributed by atoms with Crippen molar-refractivity contribution >= 4 is 5.69 Å². The number of rotatable bonds is 1. The van der Waals surface area contributed by atoms with Crippen LogP contribution in [0.1, 0.15) is 0 Å². The van der Waals surface area contributed by atoms with Gasteiger partial charge in [0.1, 0.15) is 5.82 Å². The van der Waals surface area contributed by atoms with E-state index in [1.54, 1.807) is 0 Å². The zero-order valence-corrected chi connectivity index (χ0v) is 5.90. The molecule has 0 aromatic heterocycles. The van der Waals surface area contributed by atoms with E-state index in [2.05, 4.69) is 4.74 Å². The maximum Gasteiger partial charge on any atom is 0.177 e. The van der Waals surface area contributed by atoms with Crippen molar-refractivity contribution < 1.29 is 13.5 Å². The number of anilines is 1. The van der Waals surface area contributed by atoms with Crippen LogP contribution >= 0.6 is 0 Å². The number of nitrogen functional groups attached to an aromatic ring is 1. The quantitative estimate of drug-likeness (QED) is 0.631. The molecule has 60 valence electrons. The van der Waals surface area contributed by atoms with E-state index in [9.17, 15) is 8.78 Å². The zero-order valence-electron chi connectivity index (χ0n) is 5.90. The smallest absolute Gasteiger partial charge is 0.177 e. The van der Waals surface area contributed by atoms with Crippen molar-refractivity contribution in [3.8, 4) is 5.75 Å².